The van der Waals surface area contributed by atoms with E-state index in [9.17, 15) is 0 Å². The maximum Gasteiger partial charge on any atom is 0.322 e. The van der Waals surface area contributed by atoms with Crippen LogP contribution in [0.1, 0.15) is 6.42 Å². The molecule has 1 rings (SSSR count). The number of rotatable bonds is 7. The molecule has 0 saturated heterocycles. The van der Waals surface area contributed by atoms with E-state index < -0.39 is 35.9 Å². The van der Waals surface area contributed by atoms with Crippen LogP contribution >= 0.6 is 0 Å². The van der Waals surface area contributed by atoms with Gasteiger partial charge in [-0.15, -0.1) is 0 Å². The van der Waals surface area contributed by atoms with Crippen molar-refractivity contribution in [2.45, 2.75) is 51.2 Å². The summed E-state index contributed by atoms with van der Waals surface area (Å²) < 4.78 is 18.8. The minimum Gasteiger partial charge on any atom is -0.442 e. The summed E-state index contributed by atoms with van der Waals surface area (Å²) in [6, 6.07) is 0. The second-order valence-electron chi connectivity index (χ2n) is 5.71. The van der Waals surface area contributed by atoms with Gasteiger partial charge in [-0.3, -0.25) is 0 Å². The van der Waals surface area contributed by atoms with Crippen LogP contribution in [0, 0.1) is 0 Å². The lowest BCUT2D eigenvalue weighted by Crippen LogP contribution is -2.50. The van der Waals surface area contributed by atoms with Crippen LogP contribution in [0.3, 0.4) is 0 Å². The van der Waals surface area contributed by atoms with E-state index in [0.717, 1.165) is 6.42 Å². The van der Waals surface area contributed by atoms with Crippen molar-refractivity contribution in [2.75, 3.05) is 0 Å². The molecule has 0 aromatic carbocycles. The van der Waals surface area contributed by atoms with E-state index in [1.54, 1.807) is 0 Å². The zero-order chi connectivity index (χ0) is 14.5. The van der Waals surface area contributed by atoms with E-state index in [-0.39, 0.29) is 0 Å². The fourth-order valence-corrected chi connectivity index (χ4v) is 15.7. The highest BCUT2D eigenvalue weighted by Crippen LogP contribution is 2.33. The maximum absolute atomic E-state index is 6.42. The van der Waals surface area contributed by atoms with Crippen molar-refractivity contribution in [3.8, 4) is 0 Å². The molecular weight excluding hydrogens is 304 g/mol. The van der Waals surface area contributed by atoms with Crippen LogP contribution < -0.4 is 0 Å². The summed E-state index contributed by atoms with van der Waals surface area (Å²) in [5.41, 5.74) is 0.430. The minimum absolute atomic E-state index is 0.430. The third kappa shape index (κ3) is 6.02. The molecule has 110 valence electrons. The Balaban J connectivity index is 2.74. The molecule has 0 amide bonds. The minimum atomic E-state index is -2.16. The zero-order valence-corrected chi connectivity index (χ0v) is 17.5. The summed E-state index contributed by atoms with van der Waals surface area (Å²) in [5.74, 6) is 0. The molecular formula is C12H28O3Si4. The van der Waals surface area contributed by atoms with Crippen molar-refractivity contribution in [1.29, 1.82) is 0 Å². The highest BCUT2D eigenvalue weighted by atomic mass is 28.5. The molecule has 0 aromatic heterocycles. The molecule has 3 unspecified atom stereocenters. The molecule has 0 bridgehead atoms. The molecule has 1 aliphatic carbocycles. The Morgan fingerprint density at radius 1 is 1.00 bits per heavy atom. The van der Waals surface area contributed by atoms with Crippen molar-refractivity contribution < 1.29 is 12.3 Å². The summed E-state index contributed by atoms with van der Waals surface area (Å²) in [4.78, 5) is 0. The van der Waals surface area contributed by atoms with Gasteiger partial charge in [-0.2, -0.15) is 0 Å². The standard InChI is InChI=1S/C12H28O3Si4/c1-16(2)13-18(5)15-19(6,14-17(3)4)12-10-8-7-9-11-12/h7-10,12,16-18H,11H2,1-6H3. The number of hydrogen-bond acceptors (Lipinski definition) is 3. The van der Waals surface area contributed by atoms with Crippen molar-refractivity contribution in [2.24, 2.45) is 0 Å². The third-order valence-corrected chi connectivity index (χ3v) is 15.4. The van der Waals surface area contributed by atoms with Gasteiger partial charge in [0, 0.05) is 5.54 Å². The normalized spacial score (nSPS) is 23.9. The number of hydrogen-bond donors (Lipinski definition) is 0. The molecule has 0 saturated carbocycles. The van der Waals surface area contributed by atoms with E-state index in [4.69, 9.17) is 12.3 Å². The van der Waals surface area contributed by atoms with Gasteiger partial charge in [-0.05, 0) is 45.7 Å². The Morgan fingerprint density at radius 2 is 1.68 bits per heavy atom. The molecule has 19 heavy (non-hydrogen) atoms. The molecule has 0 aromatic rings. The Hall–Kier alpha value is 0.228. The molecule has 0 N–H and O–H groups in total. The van der Waals surface area contributed by atoms with Crippen molar-refractivity contribution in [3.05, 3.63) is 24.3 Å². The summed E-state index contributed by atoms with van der Waals surface area (Å²) in [6.07, 6.45) is 9.75. The van der Waals surface area contributed by atoms with Gasteiger partial charge in [0.2, 0.25) is 0 Å². The third-order valence-electron chi connectivity index (χ3n) is 2.99. The first-order valence-corrected chi connectivity index (χ1v) is 17.2. The van der Waals surface area contributed by atoms with E-state index in [2.05, 4.69) is 63.6 Å². The van der Waals surface area contributed by atoms with Crippen molar-refractivity contribution >= 4 is 35.9 Å². The van der Waals surface area contributed by atoms with E-state index in [1.165, 1.54) is 0 Å². The zero-order valence-electron chi connectivity index (χ0n) is 13.1. The summed E-state index contributed by atoms with van der Waals surface area (Å²) in [7, 11) is -5.83. The first-order chi connectivity index (χ1) is 8.83. The van der Waals surface area contributed by atoms with Gasteiger partial charge in [0.1, 0.15) is 0 Å². The van der Waals surface area contributed by atoms with Gasteiger partial charge in [0.25, 0.3) is 9.28 Å². The molecule has 0 aliphatic heterocycles. The highest BCUT2D eigenvalue weighted by Gasteiger charge is 2.41. The lowest BCUT2D eigenvalue weighted by molar-refractivity contribution is 0.344. The summed E-state index contributed by atoms with van der Waals surface area (Å²) in [5, 5.41) is 0. The van der Waals surface area contributed by atoms with E-state index in [1.807, 2.05) is 0 Å². The summed E-state index contributed by atoms with van der Waals surface area (Å²) >= 11 is 0. The second kappa shape index (κ2) is 7.86. The molecule has 0 radical (unpaired) electrons. The van der Waals surface area contributed by atoms with Gasteiger partial charge >= 0.3 is 8.56 Å². The first-order valence-electron chi connectivity index (χ1n) is 7.18. The lowest BCUT2D eigenvalue weighted by atomic mass is 10.2. The Kier molecular flexibility index (Phi) is 7.15. The van der Waals surface area contributed by atoms with Crippen LogP contribution in [0.4, 0.5) is 0 Å². The molecule has 3 atom stereocenters. The Morgan fingerprint density at radius 3 is 2.16 bits per heavy atom. The maximum atomic E-state index is 6.42. The van der Waals surface area contributed by atoms with Crippen LogP contribution in [-0.2, 0) is 12.3 Å². The predicted molar refractivity (Wildman–Crippen MR) is 92.3 cm³/mol. The van der Waals surface area contributed by atoms with E-state index in [0.29, 0.717) is 5.54 Å². The highest BCUT2D eigenvalue weighted by molar-refractivity contribution is 6.80. The molecule has 0 spiro atoms. The van der Waals surface area contributed by atoms with Gasteiger partial charge in [0.05, 0.1) is 0 Å². The Bertz CT molecular complexity index is 333. The van der Waals surface area contributed by atoms with Crippen LogP contribution in [0.15, 0.2) is 24.3 Å². The lowest BCUT2D eigenvalue weighted by Gasteiger charge is -2.37. The van der Waals surface area contributed by atoms with Crippen molar-refractivity contribution in [3.63, 3.8) is 0 Å². The average molecular weight is 333 g/mol. The fourth-order valence-electron chi connectivity index (χ4n) is 2.38. The van der Waals surface area contributed by atoms with Gasteiger partial charge in [0.15, 0.2) is 18.1 Å². The largest absolute Gasteiger partial charge is 0.442 e. The van der Waals surface area contributed by atoms with E-state index >= 15 is 0 Å². The molecule has 7 heteroatoms. The van der Waals surface area contributed by atoms with Gasteiger partial charge in [-0.1, -0.05) is 24.3 Å². The topological polar surface area (TPSA) is 27.7 Å². The van der Waals surface area contributed by atoms with Gasteiger partial charge in [-0.25, -0.2) is 0 Å². The Labute approximate surface area is 124 Å². The first kappa shape index (κ1) is 17.3. The predicted octanol–water partition coefficient (Wildman–Crippen LogP) is 2.81. The molecule has 1 aliphatic rings. The van der Waals surface area contributed by atoms with Crippen LogP contribution in [0.2, 0.25) is 44.8 Å². The SMILES string of the molecule is C[SiH](C)O[SiH](C)O[Si](C)(O[SiH](C)C)C1C=CC=CC1. The molecule has 3 nitrogen and oxygen atoms in total. The quantitative estimate of drug-likeness (QED) is 0.671. The van der Waals surface area contributed by atoms with Gasteiger partial charge < -0.3 is 12.3 Å². The monoisotopic (exact) mass is 332 g/mol. The van der Waals surface area contributed by atoms with Crippen LogP contribution in [-0.4, -0.2) is 35.9 Å². The van der Waals surface area contributed by atoms with Crippen LogP contribution in [0.5, 0.6) is 0 Å². The smallest absolute Gasteiger partial charge is 0.322 e. The van der Waals surface area contributed by atoms with Crippen LogP contribution in [0.25, 0.3) is 0 Å². The molecule has 0 fully saturated rings. The second-order valence-corrected chi connectivity index (χ2v) is 16.8. The number of allylic oxidation sites excluding steroid dienone is 4. The van der Waals surface area contributed by atoms with Crippen molar-refractivity contribution in [1.82, 2.24) is 0 Å². The summed E-state index contributed by atoms with van der Waals surface area (Å²) in [6.45, 7) is 13.2. The molecule has 0 heterocycles. The fraction of sp³-hybridized carbons (Fsp3) is 0.667. The average Bonchev–Trinajstić information content (AvgIpc) is 2.27.